The van der Waals surface area contributed by atoms with Crippen LogP contribution in [-0.2, 0) is 36.9 Å². The van der Waals surface area contributed by atoms with Gasteiger partial charge in [0.15, 0.2) is 6.29 Å². The normalized spacial score (nSPS) is 36.2. The summed E-state index contributed by atoms with van der Waals surface area (Å²) in [4.78, 5) is 29.0. The molecule has 3 heterocycles. The van der Waals surface area contributed by atoms with Gasteiger partial charge in [0.1, 0.15) is 29.6 Å². The molecule has 0 radical (unpaired) electrons. The Morgan fingerprint density at radius 3 is 2.34 bits per heavy atom. The van der Waals surface area contributed by atoms with Gasteiger partial charge in [-0.1, -0.05) is 70.5 Å². The summed E-state index contributed by atoms with van der Waals surface area (Å²) in [5.41, 5.74) is 1.24. The number of aryl methyl sites for hydroxylation is 1. The molecule has 2 aromatic rings. The molecule has 1 aromatic carbocycles. The number of aliphatic hydroxyl groups is 4. The number of aromatic nitrogens is 3. The summed E-state index contributed by atoms with van der Waals surface area (Å²) in [6.45, 7) is 18.2. The fraction of sp³-hybridized carbons (Fsp3) is 0.778. The molecule has 2 aliphatic heterocycles. The number of amides is 1. The largest absolute Gasteiger partial charge is 0.459 e. The lowest BCUT2D eigenvalue weighted by atomic mass is 9.74. The molecule has 0 unspecified atom stereocenters. The second-order valence-electron chi connectivity index (χ2n) is 18.8. The van der Waals surface area contributed by atoms with E-state index in [4.69, 9.17) is 19.4 Å². The van der Waals surface area contributed by atoms with E-state index in [1.807, 2.05) is 91.0 Å². The molecule has 2 aliphatic rings. The first kappa shape index (κ1) is 50.6. The first-order chi connectivity index (χ1) is 28.6. The third-order valence-electron chi connectivity index (χ3n) is 13.6. The van der Waals surface area contributed by atoms with E-state index in [2.05, 4.69) is 15.2 Å². The molecule has 61 heavy (non-hydrogen) atoms. The molecular formula is C45H76N6O10. The van der Waals surface area contributed by atoms with E-state index in [0.29, 0.717) is 45.3 Å². The van der Waals surface area contributed by atoms with E-state index in [1.165, 1.54) is 6.92 Å². The Bertz CT molecular complexity index is 1670. The number of rotatable bonds is 13. The van der Waals surface area contributed by atoms with Crippen molar-refractivity contribution in [3.05, 3.63) is 36.0 Å². The van der Waals surface area contributed by atoms with Gasteiger partial charge in [0.05, 0.1) is 29.9 Å². The highest BCUT2D eigenvalue weighted by molar-refractivity contribution is 5.74. The molecule has 2 fully saturated rings. The first-order valence-electron chi connectivity index (χ1n) is 22.3. The van der Waals surface area contributed by atoms with Gasteiger partial charge in [-0.05, 0) is 97.2 Å². The second-order valence-corrected chi connectivity index (χ2v) is 18.8. The first-order valence-corrected chi connectivity index (χ1v) is 22.3. The molecule has 14 atom stereocenters. The van der Waals surface area contributed by atoms with Crippen molar-refractivity contribution in [2.75, 3.05) is 20.6 Å². The Morgan fingerprint density at radius 2 is 1.70 bits per heavy atom. The molecule has 2 saturated heterocycles. The summed E-state index contributed by atoms with van der Waals surface area (Å²) in [6.07, 6.45) is 0.283. The highest BCUT2D eigenvalue weighted by Crippen LogP contribution is 2.39. The molecule has 0 bridgehead atoms. The van der Waals surface area contributed by atoms with Crippen molar-refractivity contribution in [1.29, 1.82) is 0 Å². The number of carbonyl (C=O) groups excluding carboxylic acids is 2. The Kier molecular flexibility index (Phi) is 18.3. The highest BCUT2D eigenvalue weighted by Gasteiger charge is 2.49. The fourth-order valence-electron chi connectivity index (χ4n) is 9.35. The zero-order valence-electron chi connectivity index (χ0n) is 38.4. The number of nitrogens with zero attached hydrogens (tertiary/aromatic N) is 5. The van der Waals surface area contributed by atoms with Crippen LogP contribution in [-0.4, -0.2) is 143 Å². The van der Waals surface area contributed by atoms with Crippen molar-refractivity contribution in [2.45, 2.75) is 180 Å². The van der Waals surface area contributed by atoms with Crippen molar-refractivity contribution in [3.8, 4) is 11.3 Å². The number of likely N-dealkylation sites (N-methyl/N-ethyl adjacent to an activating group) is 2. The SMILES string of the molecule is CC[C@H]1OC(=O)[C@H](C)[C@H](C)[C@H](C)[C@@H](O[C@@H]2O[C@H](C)C[C@H](N(C)Cc3ccc(-c4cn(CCCCCC(=O)NO)nn4)cc3)[C@@H]2O)[C@](C)(O)C[C@@H](C)CN(C)[C@H](C)[C@@H](O)[C@]1(C)O. The summed E-state index contributed by atoms with van der Waals surface area (Å²) in [6, 6.07) is 7.25. The number of cyclic esters (lactones) is 1. The quantitative estimate of drug-likeness (QED) is 0.0724. The maximum atomic E-state index is 13.7. The third-order valence-corrected chi connectivity index (χ3v) is 13.6. The van der Waals surface area contributed by atoms with E-state index >= 15 is 0 Å². The molecular weight excluding hydrogens is 785 g/mol. The summed E-state index contributed by atoms with van der Waals surface area (Å²) < 4.78 is 20.8. The summed E-state index contributed by atoms with van der Waals surface area (Å²) in [7, 11) is 3.83. The van der Waals surface area contributed by atoms with Crippen molar-refractivity contribution in [2.24, 2.45) is 23.7 Å². The number of nitrogens with one attached hydrogen (secondary N) is 1. The number of hydrogen-bond donors (Lipinski definition) is 6. The lowest BCUT2D eigenvalue weighted by Crippen LogP contribution is -2.59. The van der Waals surface area contributed by atoms with Gasteiger partial charge < -0.3 is 39.5 Å². The van der Waals surface area contributed by atoms with Crippen LogP contribution >= 0.6 is 0 Å². The van der Waals surface area contributed by atoms with Gasteiger partial charge in [-0.15, -0.1) is 5.10 Å². The van der Waals surface area contributed by atoms with Gasteiger partial charge >= 0.3 is 5.97 Å². The topological polar surface area (TPSA) is 212 Å². The van der Waals surface area contributed by atoms with Crippen LogP contribution in [0.4, 0.5) is 0 Å². The van der Waals surface area contributed by atoms with Crippen molar-refractivity contribution >= 4 is 11.9 Å². The molecule has 1 amide bonds. The van der Waals surface area contributed by atoms with Crippen molar-refractivity contribution < 1.29 is 49.4 Å². The van der Waals surface area contributed by atoms with E-state index < -0.39 is 65.8 Å². The fourth-order valence-corrected chi connectivity index (χ4v) is 9.35. The van der Waals surface area contributed by atoms with Crippen LogP contribution in [0, 0.1) is 23.7 Å². The molecule has 1 aromatic heterocycles. The Labute approximate surface area is 362 Å². The Hall–Kier alpha value is -3.06. The van der Waals surface area contributed by atoms with Crippen LogP contribution in [0.1, 0.15) is 113 Å². The molecule has 4 rings (SSSR count). The number of aliphatic hydroxyl groups excluding tert-OH is 2. The van der Waals surface area contributed by atoms with Crippen LogP contribution in [0.5, 0.6) is 0 Å². The van der Waals surface area contributed by atoms with Crippen LogP contribution in [0.3, 0.4) is 0 Å². The average Bonchev–Trinajstić information content (AvgIpc) is 3.69. The van der Waals surface area contributed by atoms with E-state index in [0.717, 1.165) is 29.7 Å². The Balaban J connectivity index is 1.49. The van der Waals surface area contributed by atoms with E-state index in [1.54, 1.807) is 24.0 Å². The number of ether oxygens (including phenoxy) is 3. The van der Waals surface area contributed by atoms with E-state index in [9.17, 15) is 30.0 Å². The van der Waals surface area contributed by atoms with Gasteiger partial charge in [-0.3, -0.25) is 24.4 Å². The molecule has 346 valence electrons. The maximum absolute atomic E-state index is 13.7. The zero-order chi connectivity index (χ0) is 45.4. The van der Waals surface area contributed by atoms with Gasteiger partial charge in [-0.2, -0.15) is 0 Å². The minimum Gasteiger partial charge on any atom is -0.459 e. The van der Waals surface area contributed by atoms with Crippen LogP contribution in [0.25, 0.3) is 11.3 Å². The highest BCUT2D eigenvalue weighted by atomic mass is 16.7. The lowest BCUT2D eigenvalue weighted by Gasteiger charge is -2.47. The molecule has 16 heteroatoms. The van der Waals surface area contributed by atoms with Gasteiger partial charge in [0.25, 0.3) is 0 Å². The standard InChI is InChI=1S/C45H76N6O10/c1-12-37-45(9,57)40(54)32(7)49(10)24-27(2)23-44(8,56)41(30(5)29(4)31(6)42(55)60-37)61-43-39(53)36(22-28(3)59-43)50(11)25-33-17-19-34(20-18-33)35-26-51(48-46-35)21-15-13-14-16-38(52)47-58/h17-20,26-32,36-37,39-41,43,53-54,56-58H,12-16,21-25H2,1-11H3,(H,47,52)/t27-,28-,29-,30+,31-,32-,36+,37-,39+,40-,41-,43+,44-,45-/m1/s1. The predicted molar refractivity (Wildman–Crippen MR) is 230 cm³/mol. The number of benzene rings is 1. The summed E-state index contributed by atoms with van der Waals surface area (Å²) in [5.74, 6) is -2.39. The van der Waals surface area contributed by atoms with Crippen molar-refractivity contribution in [1.82, 2.24) is 30.3 Å². The number of esters is 1. The van der Waals surface area contributed by atoms with E-state index in [-0.39, 0.29) is 36.3 Å². The van der Waals surface area contributed by atoms with Gasteiger partial charge in [0, 0.05) is 43.7 Å². The summed E-state index contributed by atoms with van der Waals surface area (Å²) >= 11 is 0. The van der Waals surface area contributed by atoms with Crippen LogP contribution in [0.2, 0.25) is 0 Å². The summed E-state index contributed by atoms with van der Waals surface area (Å²) in [5, 5.41) is 64.6. The van der Waals surface area contributed by atoms with Crippen molar-refractivity contribution in [3.63, 3.8) is 0 Å². The molecule has 6 N–H and O–H groups in total. The third kappa shape index (κ3) is 13.0. The minimum absolute atomic E-state index is 0.0747. The second kappa shape index (κ2) is 22.0. The molecule has 16 nitrogen and oxygen atoms in total. The minimum atomic E-state index is -1.71. The van der Waals surface area contributed by atoms with Crippen LogP contribution in [0.15, 0.2) is 30.5 Å². The average molecular weight is 861 g/mol. The lowest BCUT2D eigenvalue weighted by molar-refractivity contribution is -0.298. The zero-order valence-corrected chi connectivity index (χ0v) is 38.4. The molecule has 0 saturated carbocycles. The number of unbranched alkanes of at least 4 members (excludes halogenated alkanes) is 2. The van der Waals surface area contributed by atoms with Gasteiger partial charge in [0.2, 0.25) is 5.91 Å². The smallest absolute Gasteiger partial charge is 0.309 e. The Morgan fingerprint density at radius 1 is 1.03 bits per heavy atom. The number of hydrogen-bond acceptors (Lipinski definition) is 14. The number of hydroxylamine groups is 1. The molecule has 0 spiro atoms. The van der Waals surface area contributed by atoms with Crippen LogP contribution < -0.4 is 5.48 Å². The monoisotopic (exact) mass is 861 g/mol. The predicted octanol–water partition coefficient (Wildman–Crippen LogP) is 4.15. The number of carbonyl (C=O) groups is 2. The van der Waals surface area contributed by atoms with Gasteiger partial charge in [-0.25, -0.2) is 5.48 Å². The maximum Gasteiger partial charge on any atom is 0.309 e. The molecule has 0 aliphatic carbocycles.